The molecule has 0 unspecified atom stereocenters. The van der Waals surface area contributed by atoms with Gasteiger partial charge >= 0.3 is 0 Å². The van der Waals surface area contributed by atoms with E-state index >= 15 is 0 Å². The van der Waals surface area contributed by atoms with Crippen LogP contribution in [-0.2, 0) is 20.8 Å². The van der Waals surface area contributed by atoms with E-state index in [0.29, 0.717) is 19.4 Å². The Labute approximate surface area is 168 Å². The van der Waals surface area contributed by atoms with Crippen LogP contribution in [0.15, 0.2) is 36.9 Å². The fraction of sp³-hybridized carbons (Fsp3) is 0.652. The maximum atomic E-state index is 11.0. The summed E-state index contributed by atoms with van der Waals surface area (Å²) in [6, 6.07) is 7.89. The van der Waals surface area contributed by atoms with Crippen LogP contribution in [0.4, 0.5) is 0 Å². The molecular weight excluding hydrogens is 356 g/mol. The highest BCUT2D eigenvalue weighted by molar-refractivity contribution is 5.26. The zero-order valence-corrected chi connectivity index (χ0v) is 17.6. The van der Waals surface area contributed by atoms with Crippen LogP contribution in [0.5, 0.6) is 5.75 Å². The molecule has 0 aromatic heterocycles. The Morgan fingerprint density at radius 1 is 1.29 bits per heavy atom. The lowest BCUT2D eigenvalue weighted by Crippen LogP contribution is -2.58. The van der Waals surface area contributed by atoms with E-state index in [1.807, 2.05) is 45.0 Å². The zero-order valence-electron chi connectivity index (χ0n) is 17.6. The predicted molar refractivity (Wildman–Crippen MR) is 108 cm³/mol. The van der Waals surface area contributed by atoms with Crippen molar-refractivity contribution in [2.75, 3.05) is 7.11 Å². The van der Waals surface area contributed by atoms with Crippen molar-refractivity contribution in [2.24, 2.45) is 0 Å². The smallest absolute Gasteiger partial charge is 0.164 e. The SMILES string of the molecule is C=CC[C@](C)(O)C[C@@]12OC(C)(C)O[C@@H]1CCC[C@@H]2OCc1ccc(OC)cc1. The largest absolute Gasteiger partial charge is 0.497 e. The number of aliphatic hydroxyl groups is 1. The number of hydrogen-bond acceptors (Lipinski definition) is 5. The molecule has 5 heteroatoms. The van der Waals surface area contributed by atoms with Gasteiger partial charge in [0.25, 0.3) is 0 Å². The van der Waals surface area contributed by atoms with E-state index in [1.54, 1.807) is 13.2 Å². The third-order valence-electron chi connectivity index (χ3n) is 5.74. The van der Waals surface area contributed by atoms with Gasteiger partial charge < -0.3 is 24.1 Å². The summed E-state index contributed by atoms with van der Waals surface area (Å²) < 4.78 is 24.4. The Balaban J connectivity index is 1.81. The molecule has 28 heavy (non-hydrogen) atoms. The van der Waals surface area contributed by atoms with Crippen molar-refractivity contribution in [2.45, 2.75) is 88.7 Å². The normalized spacial score (nSPS) is 31.0. The monoisotopic (exact) mass is 390 g/mol. The highest BCUT2D eigenvalue weighted by Gasteiger charge is 2.61. The average Bonchev–Trinajstić information content (AvgIpc) is 2.89. The van der Waals surface area contributed by atoms with Crippen molar-refractivity contribution < 1.29 is 24.1 Å². The molecule has 3 rings (SSSR count). The molecule has 1 heterocycles. The minimum atomic E-state index is -0.928. The molecule has 1 N–H and O–H groups in total. The van der Waals surface area contributed by atoms with E-state index in [-0.39, 0.29) is 12.2 Å². The molecule has 1 aromatic rings. The third-order valence-corrected chi connectivity index (χ3v) is 5.74. The molecule has 1 aliphatic heterocycles. The molecule has 2 aliphatic rings. The van der Waals surface area contributed by atoms with Crippen LogP contribution in [0.1, 0.15) is 58.4 Å². The van der Waals surface area contributed by atoms with Gasteiger partial charge in [0.05, 0.1) is 31.5 Å². The first kappa shape index (κ1) is 21.3. The summed E-state index contributed by atoms with van der Waals surface area (Å²) in [5.74, 6) is 0.133. The van der Waals surface area contributed by atoms with E-state index in [2.05, 4.69) is 6.58 Å². The van der Waals surface area contributed by atoms with Gasteiger partial charge in [0.15, 0.2) is 5.79 Å². The van der Waals surface area contributed by atoms with Gasteiger partial charge in [0, 0.05) is 6.42 Å². The molecule has 0 amide bonds. The van der Waals surface area contributed by atoms with Crippen molar-refractivity contribution in [3.8, 4) is 5.75 Å². The maximum absolute atomic E-state index is 11.0. The molecule has 4 atom stereocenters. The summed E-state index contributed by atoms with van der Waals surface area (Å²) in [4.78, 5) is 0. The molecule has 0 bridgehead atoms. The molecule has 0 radical (unpaired) electrons. The summed E-state index contributed by atoms with van der Waals surface area (Å²) in [7, 11) is 1.66. The lowest BCUT2D eigenvalue weighted by Gasteiger charge is -2.46. The minimum absolute atomic E-state index is 0.0894. The predicted octanol–water partition coefficient (Wildman–Crippen LogP) is 4.37. The zero-order chi connectivity index (χ0) is 20.4. The van der Waals surface area contributed by atoms with Gasteiger partial charge in [-0.3, -0.25) is 0 Å². The number of rotatable bonds is 8. The van der Waals surface area contributed by atoms with Gasteiger partial charge in [-0.2, -0.15) is 0 Å². The van der Waals surface area contributed by atoms with E-state index in [9.17, 15) is 5.11 Å². The third kappa shape index (κ3) is 4.60. The molecule has 0 spiro atoms. The van der Waals surface area contributed by atoms with Gasteiger partial charge in [0.2, 0.25) is 0 Å². The number of benzene rings is 1. The number of ether oxygens (including phenoxy) is 4. The maximum Gasteiger partial charge on any atom is 0.164 e. The highest BCUT2D eigenvalue weighted by atomic mass is 16.8. The molecule has 1 aromatic carbocycles. The Morgan fingerprint density at radius 3 is 2.64 bits per heavy atom. The molecular formula is C23H34O5. The number of fused-ring (bicyclic) bond motifs is 1. The Bertz CT molecular complexity index is 666. The summed E-state index contributed by atoms with van der Waals surface area (Å²) in [6.45, 7) is 9.99. The lowest BCUT2D eigenvalue weighted by atomic mass is 9.72. The minimum Gasteiger partial charge on any atom is -0.497 e. The number of hydrogen-bond donors (Lipinski definition) is 1. The van der Waals surface area contributed by atoms with Crippen LogP contribution in [0, 0.1) is 0 Å². The molecule has 5 nitrogen and oxygen atoms in total. The Morgan fingerprint density at radius 2 is 2.00 bits per heavy atom. The first-order valence-electron chi connectivity index (χ1n) is 10.2. The topological polar surface area (TPSA) is 57.2 Å². The van der Waals surface area contributed by atoms with Gasteiger partial charge in [-0.1, -0.05) is 18.2 Å². The van der Waals surface area contributed by atoms with Crippen molar-refractivity contribution >= 4 is 0 Å². The van der Waals surface area contributed by atoms with E-state index in [1.165, 1.54) is 0 Å². The first-order chi connectivity index (χ1) is 13.2. The second-order valence-corrected chi connectivity index (χ2v) is 8.81. The fourth-order valence-electron chi connectivity index (χ4n) is 4.68. The molecule has 1 aliphatic carbocycles. The standard InChI is InChI=1S/C23H34O5/c1-6-14-22(4,24)16-23-19(8-7-9-20(23)27-21(2,3)28-23)26-15-17-10-12-18(25-5)13-11-17/h6,10-13,19-20,24H,1,7-9,14-16H2,2-5H3/t19-,20+,22-,23-/m0/s1. The quantitative estimate of drug-likeness (QED) is 0.668. The summed E-state index contributed by atoms with van der Waals surface area (Å²) in [5, 5.41) is 11.0. The van der Waals surface area contributed by atoms with Crippen molar-refractivity contribution in [3.63, 3.8) is 0 Å². The van der Waals surface area contributed by atoms with Crippen LogP contribution < -0.4 is 4.74 Å². The summed E-state index contributed by atoms with van der Waals surface area (Å²) >= 11 is 0. The van der Waals surface area contributed by atoms with Crippen molar-refractivity contribution in [1.82, 2.24) is 0 Å². The van der Waals surface area contributed by atoms with E-state index in [4.69, 9.17) is 18.9 Å². The van der Waals surface area contributed by atoms with Gasteiger partial charge in [-0.25, -0.2) is 0 Å². The van der Waals surface area contributed by atoms with Gasteiger partial charge in [0.1, 0.15) is 11.4 Å². The molecule has 1 saturated heterocycles. The molecule has 2 fully saturated rings. The van der Waals surface area contributed by atoms with Gasteiger partial charge in [-0.05, 0) is 64.2 Å². The average molecular weight is 391 g/mol. The van der Waals surface area contributed by atoms with Crippen molar-refractivity contribution in [3.05, 3.63) is 42.5 Å². The summed E-state index contributed by atoms with van der Waals surface area (Å²) in [6.07, 6.45) is 5.28. The van der Waals surface area contributed by atoms with Crippen molar-refractivity contribution in [1.29, 1.82) is 0 Å². The highest BCUT2D eigenvalue weighted by Crippen LogP contribution is 2.50. The fourth-order valence-corrected chi connectivity index (χ4v) is 4.68. The van der Waals surface area contributed by atoms with E-state index in [0.717, 1.165) is 30.6 Å². The Kier molecular flexibility index (Phi) is 6.20. The Hall–Kier alpha value is -1.40. The summed E-state index contributed by atoms with van der Waals surface area (Å²) in [5.41, 5.74) is -0.516. The van der Waals surface area contributed by atoms with Gasteiger partial charge in [-0.15, -0.1) is 6.58 Å². The van der Waals surface area contributed by atoms with Crippen LogP contribution in [0.3, 0.4) is 0 Å². The first-order valence-corrected chi connectivity index (χ1v) is 10.2. The second-order valence-electron chi connectivity index (χ2n) is 8.81. The van der Waals surface area contributed by atoms with E-state index < -0.39 is 17.0 Å². The molecule has 1 saturated carbocycles. The second kappa shape index (κ2) is 8.15. The van der Waals surface area contributed by atoms with Crippen LogP contribution in [-0.4, -0.2) is 41.4 Å². The lowest BCUT2D eigenvalue weighted by molar-refractivity contribution is -0.212. The van der Waals surface area contributed by atoms with Crippen LogP contribution in [0.25, 0.3) is 0 Å². The molecule has 156 valence electrons. The van der Waals surface area contributed by atoms with Crippen LogP contribution in [0.2, 0.25) is 0 Å². The number of methoxy groups -OCH3 is 1. The van der Waals surface area contributed by atoms with Crippen LogP contribution >= 0.6 is 0 Å².